The second-order valence-electron chi connectivity index (χ2n) is 16.9. The molecule has 63 heavy (non-hydrogen) atoms. The van der Waals surface area contributed by atoms with Crippen molar-refractivity contribution in [3.63, 3.8) is 0 Å². The first kappa shape index (κ1) is 55.9. The van der Waals surface area contributed by atoms with Crippen LogP contribution in [0.2, 0.25) is 0 Å². The zero-order valence-corrected chi connectivity index (χ0v) is 38.7. The zero-order valence-electron chi connectivity index (χ0n) is 37.8. The van der Waals surface area contributed by atoms with Gasteiger partial charge in [0.25, 0.3) is 0 Å². The van der Waals surface area contributed by atoms with Crippen molar-refractivity contribution >= 4 is 43.6 Å². The second kappa shape index (κ2) is 32.5. The number of phosphoric ester groups is 1. The van der Waals surface area contributed by atoms with E-state index in [1.807, 2.05) is 0 Å². The molecule has 1 aliphatic carbocycles. The summed E-state index contributed by atoms with van der Waals surface area (Å²) in [5, 5.41) is 31.3. The molecule has 0 aromatic carbocycles. The van der Waals surface area contributed by atoms with Crippen molar-refractivity contribution in [2.45, 2.75) is 160 Å². The second-order valence-corrected chi connectivity index (χ2v) is 18.4. The number of unbranched alkanes of at least 4 members (excludes halogenated alkanes) is 12. The van der Waals surface area contributed by atoms with E-state index in [-0.39, 0.29) is 77.3 Å². The van der Waals surface area contributed by atoms with Gasteiger partial charge in [0.15, 0.2) is 6.10 Å². The lowest BCUT2D eigenvalue weighted by molar-refractivity contribution is -0.161. The van der Waals surface area contributed by atoms with Crippen molar-refractivity contribution in [2.75, 3.05) is 72.2 Å². The summed E-state index contributed by atoms with van der Waals surface area (Å²) < 4.78 is 33.9. The third-order valence-corrected chi connectivity index (χ3v) is 12.5. The van der Waals surface area contributed by atoms with Gasteiger partial charge in [0, 0.05) is 63.6 Å². The Hall–Kier alpha value is -3.19. The summed E-state index contributed by atoms with van der Waals surface area (Å²) >= 11 is 0. The zero-order chi connectivity index (χ0) is 46.5. The standard InChI is InChI=1S/C43H77N4O15P/c1-3-5-7-9-11-13-15-17-41(54)59-32-37(62-42(55)18-16-14-12-10-8-6-4-2)33-61-63(57,58)60-26-23-44-43(56)34-19-21-35(22-20-34)47(31-40(52)53)36-27-45(29-38(48)49)24-25-46(28-36)30-39(50)51/h34-37H,3-33H2,1-2H3,(H,44,56)(H,48,49)(H,50,51)(H,52,53)(H,57,58). The lowest BCUT2D eigenvalue weighted by Gasteiger charge is -2.41. The van der Waals surface area contributed by atoms with Gasteiger partial charge >= 0.3 is 37.7 Å². The molecule has 2 rings (SSSR count). The van der Waals surface area contributed by atoms with Gasteiger partial charge in [0.05, 0.1) is 32.8 Å². The van der Waals surface area contributed by atoms with Crippen molar-refractivity contribution in [2.24, 2.45) is 5.92 Å². The smallest absolute Gasteiger partial charge is 0.472 e. The first-order valence-electron chi connectivity index (χ1n) is 23.2. The number of esters is 2. The van der Waals surface area contributed by atoms with Gasteiger partial charge in [-0.3, -0.25) is 52.5 Å². The van der Waals surface area contributed by atoms with Crippen LogP contribution in [0.4, 0.5) is 0 Å². The van der Waals surface area contributed by atoms with Crippen molar-refractivity contribution in [3.8, 4) is 0 Å². The predicted molar refractivity (Wildman–Crippen MR) is 233 cm³/mol. The Balaban J connectivity index is 1.87. The Kier molecular flexibility index (Phi) is 28.8. The van der Waals surface area contributed by atoms with Crippen LogP contribution in [0, 0.1) is 5.92 Å². The fourth-order valence-corrected chi connectivity index (χ4v) is 8.90. The van der Waals surface area contributed by atoms with Crippen LogP contribution >= 0.6 is 7.82 Å². The summed E-state index contributed by atoms with van der Waals surface area (Å²) in [6, 6.07) is -0.706. The van der Waals surface area contributed by atoms with E-state index >= 15 is 0 Å². The van der Waals surface area contributed by atoms with E-state index in [2.05, 4.69) is 19.2 Å². The van der Waals surface area contributed by atoms with Crippen LogP contribution < -0.4 is 5.32 Å². The van der Waals surface area contributed by atoms with Crippen LogP contribution in [-0.4, -0.2) is 161 Å². The van der Waals surface area contributed by atoms with Crippen LogP contribution in [0.1, 0.15) is 142 Å². The van der Waals surface area contributed by atoms with E-state index in [0.29, 0.717) is 51.6 Å². The van der Waals surface area contributed by atoms with Gasteiger partial charge in [-0.05, 0) is 38.5 Å². The molecular formula is C43H77N4O15P. The SMILES string of the molecule is CCCCCCCCCC(=O)OCC(COP(=O)(O)OCCNC(=O)C1CCC(N(CC(=O)O)C2CN(CC(=O)O)CCN(CC(=O)O)C2)CC1)OC(=O)CCCCCCCCC. The minimum atomic E-state index is -4.68. The number of carbonyl (C=O) groups is 6. The highest BCUT2D eigenvalue weighted by Gasteiger charge is 2.37. The fourth-order valence-electron chi connectivity index (χ4n) is 8.15. The van der Waals surface area contributed by atoms with Crippen molar-refractivity contribution < 1.29 is 72.1 Å². The summed E-state index contributed by atoms with van der Waals surface area (Å²) in [5.41, 5.74) is 0. The maximum atomic E-state index is 13.1. The first-order chi connectivity index (χ1) is 30.1. The van der Waals surface area contributed by atoms with Crippen LogP contribution in [0.3, 0.4) is 0 Å². The number of aliphatic carboxylic acids is 3. The molecule has 1 heterocycles. The minimum absolute atomic E-state index is 0.119. The molecule has 2 aliphatic rings. The number of carboxylic acid groups (broad SMARTS) is 3. The number of rotatable bonds is 35. The molecule has 0 bridgehead atoms. The molecule has 0 aromatic rings. The molecular weight excluding hydrogens is 843 g/mol. The van der Waals surface area contributed by atoms with Crippen LogP contribution in [0.5, 0.6) is 0 Å². The van der Waals surface area contributed by atoms with E-state index in [4.69, 9.17) is 18.5 Å². The van der Waals surface area contributed by atoms with Gasteiger partial charge in [-0.1, -0.05) is 90.9 Å². The minimum Gasteiger partial charge on any atom is -0.480 e. The molecule has 1 saturated heterocycles. The van der Waals surface area contributed by atoms with Crippen LogP contribution in [0.15, 0.2) is 0 Å². The van der Waals surface area contributed by atoms with E-state index < -0.39 is 62.3 Å². The maximum absolute atomic E-state index is 13.1. The largest absolute Gasteiger partial charge is 0.480 e. The lowest BCUT2D eigenvalue weighted by atomic mass is 9.84. The van der Waals surface area contributed by atoms with E-state index in [0.717, 1.165) is 57.8 Å². The molecule has 5 N–H and O–H groups in total. The fraction of sp³-hybridized carbons (Fsp3) is 0.860. The number of nitrogens with one attached hydrogen (secondary N) is 1. The number of ether oxygens (including phenoxy) is 2. The van der Waals surface area contributed by atoms with Crippen LogP contribution in [0.25, 0.3) is 0 Å². The highest BCUT2D eigenvalue weighted by Crippen LogP contribution is 2.43. The third-order valence-electron chi connectivity index (χ3n) is 11.5. The Morgan fingerprint density at radius 2 is 1.17 bits per heavy atom. The molecule has 2 fully saturated rings. The predicted octanol–water partition coefficient (Wildman–Crippen LogP) is 5.07. The molecule has 1 amide bonds. The quantitative estimate of drug-likeness (QED) is 0.0316. The molecule has 1 aliphatic heterocycles. The number of nitrogens with zero attached hydrogens (tertiary/aromatic N) is 3. The molecule has 364 valence electrons. The number of hydrogen-bond donors (Lipinski definition) is 5. The molecule has 20 heteroatoms. The number of phosphoric acid groups is 1. The number of carbonyl (C=O) groups excluding carboxylic acids is 3. The number of amides is 1. The van der Waals surface area contributed by atoms with Gasteiger partial charge in [0.2, 0.25) is 5.91 Å². The Labute approximate surface area is 373 Å². The molecule has 0 aromatic heterocycles. The molecule has 2 atom stereocenters. The van der Waals surface area contributed by atoms with Crippen molar-refractivity contribution in [1.82, 2.24) is 20.0 Å². The maximum Gasteiger partial charge on any atom is 0.472 e. The van der Waals surface area contributed by atoms with Crippen molar-refractivity contribution in [3.05, 3.63) is 0 Å². The average molecular weight is 921 g/mol. The highest BCUT2D eigenvalue weighted by atomic mass is 31.2. The Morgan fingerprint density at radius 1 is 0.667 bits per heavy atom. The van der Waals surface area contributed by atoms with Gasteiger partial charge in [-0.15, -0.1) is 0 Å². The highest BCUT2D eigenvalue weighted by molar-refractivity contribution is 7.47. The molecule has 0 spiro atoms. The summed E-state index contributed by atoms with van der Waals surface area (Å²) in [4.78, 5) is 88.8. The van der Waals surface area contributed by atoms with Gasteiger partial charge in [-0.2, -0.15) is 0 Å². The summed E-state index contributed by atoms with van der Waals surface area (Å²) in [6.45, 7) is 3.15. The molecule has 1 saturated carbocycles. The van der Waals surface area contributed by atoms with Crippen molar-refractivity contribution in [1.29, 1.82) is 0 Å². The van der Waals surface area contributed by atoms with Crippen LogP contribution in [-0.2, 0) is 51.9 Å². The van der Waals surface area contributed by atoms with Gasteiger partial charge in [0.1, 0.15) is 6.61 Å². The van der Waals surface area contributed by atoms with Gasteiger partial charge < -0.3 is 35.0 Å². The summed E-state index contributed by atoms with van der Waals surface area (Å²) in [6.07, 6.45) is 15.3. The van der Waals surface area contributed by atoms with E-state index in [9.17, 15) is 53.5 Å². The third kappa shape index (κ3) is 26.4. The Bertz CT molecular complexity index is 1390. The summed E-state index contributed by atoms with van der Waals surface area (Å²) in [5.74, 6) is -4.88. The molecule has 2 unspecified atom stereocenters. The molecule has 0 radical (unpaired) electrons. The molecule has 19 nitrogen and oxygen atoms in total. The number of carboxylic acids is 3. The average Bonchev–Trinajstić information content (AvgIpc) is 3.42. The van der Waals surface area contributed by atoms with Gasteiger partial charge in [-0.25, -0.2) is 4.57 Å². The lowest BCUT2D eigenvalue weighted by Crippen LogP contribution is -2.55. The monoisotopic (exact) mass is 921 g/mol. The Morgan fingerprint density at radius 3 is 1.68 bits per heavy atom. The first-order valence-corrected chi connectivity index (χ1v) is 24.7. The normalized spacial score (nSPS) is 19.2. The number of hydrogen-bond acceptors (Lipinski definition) is 14. The van der Waals surface area contributed by atoms with E-state index in [1.54, 1.807) is 14.7 Å². The van der Waals surface area contributed by atoms with E-state index in [1.165, 1.54) is 19.3 Å². The summed E-state index contributed by atoms with van der Waals surface area (Å²) in [7, 11) is -4.68. The topological polar surface area (TPSA) is 259 Å².